The number of carbonyl (C=O) groups excluding carboxylic acids is 2. The van der Waals surface area contributed by atoms with Crippen molar-refractivity contribution in [1.82, 2.24) is 34.3 Å². The number of hydrogen-bond acceptors (Lipinski definition) is 6. The number of fused-ring (bicyclic) bond motifs is 1. The van der Waals surface area contributed by atoms with E-state index in [0.29, 0.717) is 13.1 Å². The number of aromatic amines is 2. The number of aromatic nitrogens is 5. The predicted molar refractivity (Wildman–Crippen MR) is 193 cm³/mol. The van der Waals surface area contributed by atoms with Crippen LogP contribution < -0.4 is 0 Å². The Balaban J connectivity index is 1.11. The molecular weight excluding hydrogens is 630 g/mol. The van der Waals surface area contributed by atoms with Crippen LogP contribution in [0.5, 0.6) is 0 Å². The highest BCUT2D eigenvalue weighted by Crippen LogP contribution is 2.39. The molecule has 0 unspecified atom stereocenters. The Labute approximate surface area is 293 Å². The number of nitrogens with one attached hydrogen (secondary N) is 2. The molecule has 5 heterocycles. The van der Waals surface area contributed by atoms with Crippen LogP contribution in [0.2, 0.25) is 0 Å². The number of imidazole rings is 2. The molecule has 2 aliphatic rings. The van der Waals surface area contributed by atoms with Crippen LogP contribution in [-0.2, 0) is 16.5 Å². The quantitative estimate of drug-likeness (QED) is 0.192. The molecule has 0 bridgehead atoms. The summed E-state index contributed by atoms with van der Waals surface area (Å²) < 4.78 is 13.5. The first-order chi connectivity index (χ1) is 23.8. The Morgan fingerprint density at radius 2 is 1.20 bits per heavy atom. The third-order valence-corrected chi connectivity index (χ3v) is 9.39. The zero-order chi connectivity index (χ0) is 35.4. The number of rotatable bonds is 5. The first kappa shape index (κ1) is 33.4. The lowest BCUT2D eigenvalue weighted by Gasteiger charge is -2.27. The molecule has 2 N–H and O–H groups in total. The number of benzene rings is 2. The van der Waals surface area contributed by atoms with Crippen molar-refractivity contribution < 1.29 is 19.1 Å². The van der Waals surface area contributed by atoms with Gasteiger partial charge in [-0.25, -0.2) is 19.6 Å². The van der Waals surface area contributed by atoms with E-state index in [1.165, 1.54) is 0 Å². The monoisotopic (exact) mass is 677 g/mol. The SMILES string of the molecule is Cn1ccc2c(-c3ccc(-c4c[nH]c([C@@H]5CCCN5C(=O)OC(C)(C)C)n4)cc3)ccc(-c3c[nH]c([C@@H]4CCCN4C(=O)OC(C)(C)C)n3)c21. The van der Waals surface area contributed by atoms with Crippen molar-refractivity contribution >= 4 is 23.1 Å². The Kier molecular flexibility index (Phi) is 8.48. The zero-order valence-corrected chi connectivity index (χ0v) is 30.0. The fourth-order valence-corrected chi connectivity index (χ4v) is 7.18. The average molecular weight is 678 g/mol. The standard InChI is InChI=1S/C39H47N7O4/c1-38(2,3)49-36(47)45-19-8-10-31(45)34-40-22-29(42-34)25-14-12-24(13-15-25)26-16-17-28(33-27(26)18-21-44(33)7)30-23-41-35(43-30)32-11-9-20-46(32)37(48)50-39(4,5)6/h12-18,21-23,31-32H,8-11,19-20H2,1-7H3,(H,40,42)(H,41,43)/t31-,32-/m0/s1. The minimum Gasteiger partial charge on any atom is -0.444 e. The summed E-state index contributed by atoms with van der Waals surface area (Å²) in [4.78, 5) is 46.0. The molecule has 2 aromatic carbocycles. The fraction of sp³-hybridized carbons (Fsp3) is 0.436. The molecule has 2 fully saturated rings. The predicted octanol–water partition coefficient (Wildman–Crippen LogP) is 8.77. The van der Waals surface area contributed by atoms with Gasteiger partial charge < -0.3 is 24.0 Å². The fourth-order valence-electron chi connectivity index (χ4n) is 7.18. The lowest BCUT2D eigenvalue weighted by Crippen LogP contribution is -2.36. The van der Waals surface area contributed by atoms with Crippen molar-refractivity contribution in [2.24, 2.45) is 7.05 Å². The summed E-state index contributed by atoms with van der Waals surface area (Å²) >= 11 is 0. The highest BCUT2D eigenvalue weighted by Gasteiger charge is 2.36. The van der Waals surface area contributed by atoms with Crippen molar-refractivity contribution in [3.63, 3.8) is 0 Å². The number of amides is 2. The summed E-state index contributed by atoms with van der Waals surface area (Å²) in [5, 5.41) is 1.13. The molecule has 11 heteroatoms. The van der Waals surface area contributed by atoms with E-state index in [1.54, 1.807) is 9.80 Å². The minimum atomic E-state index is -0.552. The Morgan fingerprint density at radius 3 is 1.76 bits per heavy atom. The number of hydrogen-bond donors (Lipinski definition) is 2. The van der Waals surface area contributed by atoms with Gasteiger partial charge in [0.15, 0.2) is 0 Å². The molecular formula is C39H47N7O4. The normalized spacial score (nSPS) is 18.3. The number of H-pyrrole nitrogens is 2. The highest BCUT2D eigenvalue weighted by molar-refractivity contribution is 6.03. The van der Waals surface area contributed by atoms with Gasteiger partial charge in [0.2, 0.25) is 0 Å². The van der Waals surface area contributed by atoms with Crippen LogP contribution in [0.3, 0.4) is 0 Å². The van der Waals surface area contributed by atoms with Crippen molar-refractivity contribution in [1.29, 1.82) is 0 Å². The van der Waals surface area contributed by atoms with Gasteiger partial charge in [-0.15, -0.1) is 0 Å². The molecule has 7 rings (SSSR count). The van der Waals surface area contributed by atoms with Crippen LogP contribution in [0.4, 0.5) is 9.59 Å². The van der Waals surface area contributed by atoms with Gasteiger partial charge in [-0.1, -0.05) is 30.3 Å². The van der Waals surface area contributed by atoms with Gasteiger partial charge in [0, 0.05) is 55.2 Å². The number of aryl methyl sites for hydroxylation is 1. The average Bonchev–Trinajstić information content (AvgIpc) is 3.89. The van der Waals surface area contributed by atoms with Crippen LogP contribution in [-0.4, -0.2) is 70.8 Å². The molecule has 3 aromatic heterocycles. The largest absolute Gasteiger partial charge is 0.444 e. The highest BCUT2D eigenvalue weighted by atomic mass is 16.6. The van der Waals surface area contributed by atoms with E-state index >= 15 is 0 Å². The van der Waals surface area contributed by atoms with Gasteiger partial charge in [-0.2, -0.15) is 0 Å². The molecule has 0 spiro atoms. The number of likely N-dealkylation sites (tertiary alicyclic amines) is 2. The van der Waals surface area contributed by atoms with Crippen LogP contribution in [0, 0.1) is 0 Å². The topological polar surface area (TPSA) is 121 Å². The molecule has 0 aliphatic carbocycles. The van der Waals surface area contributed by atoms with Gasteiger partial charge in [0.1, 0.15) is 22.9 Å². The van der Waals surface area contributed by atoms with E-state index in [2.05, 4.69) is 70.2 Å². The van der Waals surface area contributed by atoms with Crippen molar-refractivity contribution in [3.8, 4) is 33.6 Å². The summed E-state index contributed by atoms with van der Waals surface area (Å²) in [5.41, 5.74) is 5.91. The molecule has 262 valence electrons. The first-order valence-corrected chi connectivity index (χ1v) is 17.5. The van der Waals surface area contributed by atoms with Crippen LogP contribution in [0.1, 0.15) is 91.0 Å². The summed E-state index contributed by atoms with van der Waals surface area (Å²) in [6, 6.07) is 14.6. The van der Waals surface area contributed by atoms with Crippen molar-refractivity contribution in [2.75, 3.05) is 13.1 Å². The van der Waals surface area contributed by atoms with Crippen LogP contribution in [0.25, 0.3) is 44.5 Å². The summed E-state index contributed by atoms with van der Waals surface area (Å²) in [7, 11) is 2.05. The van der Waals surface area contributed by atoms with Gasteiger partial charge in [0.25, 0.3) is 0 Å². The van der Waals surface area contributed by atoms with Crippen LogP contribution >= 0.6 is 0 Å². The second-order valence-corrected chi connectivity index (χ2v) is 15.4. The molecule has 11 nitrogen and oxygen atoms in total. The smallest absolute Gasteiger partial charge is 0.410 e. The minimum absolute atomic E-state index is 0.129. The van der Waals surface area contributed by atoms with E-state index in [-0.39, 0.29) is 24.3 Å². The summed E-state index contributed by atoms with van der Waals surface area (Å²) in [6.07, 6.45) is 8.83. The summed E-state index contributed by atoms with van der Waals surface area (Å²) in [6.45, 7) is 12.6. The number of nitrogens with zero attached hydrogens (tertiary/aromatic N) is 5. The third kappa shape index (κ3) is 6.60. The van der Waals surface area contributed by atoms with Gasteiger partial charge in [-0.3, -0.25) is 9.80 Å². The molecule has 2 aliphatic heterocycles. The second kappa shape index (κ2) is 12.7. The Morgan fingerprint density at radius 1 is 0.700 bits per heavy atom. The molecule has 2 atom stereocenters. The molecule has 2 amide bonds. The van der Waals surface area contributed by atoms with Crippen molar-refractivity contribution in [3.05, 3.63) is 72.7 Å². The van der Waals surface area contributed by atoms with E-state index < -0.39 is 11.2 Å². The Hall–Kier alpha value is -5.06. The summed E-state index contributed by atoms with van der Waals surface area (Å²) in [5.74, 6) is 1.55. The molecule has 5 aromatic rings. The van der Waals surface area contributed by atoms with E-state index in [1.807, 2.05) is 53.9 Å². The second-order valence-electron chi connectivity index (χ2n) is 15.4. The van der Waals surface area contributed by atoms with Crippen LogP contribution in [0.15, 0.2) is 61.1 Å². The third-order valence-electron chi connectivity index (χ3n) is 9.39. The molecule has 0 radical (unpaired) electrons. The van der Waals surface area contributed by atoms with Gasteiger partial charge >= 0.3 is 12.2 Å². The van der Waals surface area contributed by atoms with E-state index in [0.717, 1.165) is 81.9 Å². The molecule has 2 saturated heterocycles. The Bertz CT molecular complexity index is 2030. The maximum atomic E-state index is 12.9. The van der Waals surface area contributed by atoms with Crippen molar-refractivity contribution in [2.45, 2.75) is 90.5 Å². The number of carbonyl (C=O) groups is 2. The lowest BCUT2D eigenvalue weighted by atomic mass is 9.97. The maximum absolute atomic E-state index is 12.9. The zero-order valence-electron chi connectivity index (χ0n) is 30.0. The lowest BCUT2D eigenvalue weighted by molar-refractivity contribution is 0.0208. The molecule has 0 saturated carbocycles. The first-order valence-electron chi connectivity index (χ1n) is 17.5. The van der Waals surface area contributed by atoms with E-state index in [9.17, 15) is 9.59 Å². The molecule has 50 heavy (non-hydrogen) atoms. The maximum Gasteiger partial charge on any atom is 0.410 e. The van der Waals surface area contributed by atoms with Gasteiger partial charge in [-0.05, 0) is 90.5 Å². The van der Waals surface area contributed by atoms with E-state index in [4.69, 9.17) is 19.4 Å². The number of ether oxygens (including phenoxy) is 2. The van der Waals surface area contributed by atoms with Gasteiger partial charge in [0.05, 0.1) is 29.0 Å².